The summed E-state index contributed by atoms with van der Waals surface area (Å²) in [5.41, 5.74) is 1.74. The van der Waals surface area contributed by atoms with Crippen LogP contribution in [0.5, 0.6) is 0 Å². The van der Waals surface area contributed by atoms with Gasteiger partial charge in [-0.3, -0.25) is 19.7 Å². The highest BCUT2D eigenvalue weighted by Gasteiger charge is 2.30. The van der Waals surface area contributed by atoms with Gasteiger partial charge in [0.15, 0.2) is 0 Å². The lowest BCUT2D eigenvalue weighted by molar-refractivity contribution is -0.125. The zero-order valence-corrected chi connectivity index (χ0v) is 14.6. The van der Waals surface area contributed by atoms with E-state index in [1.807, 2.05) is 24.3 Å². The van der Waals surface area contributed by atoms with Crippen LogP contribution in [0.15, 0.2) is 24.3 Å². The number of rotatable bonds is 7. The van der Waals surface area contributed by atoms with Crippen molar-refractivity contribution in [1.29, 1.82) is 0 Å². The van der Waals surface area contributed by atoms with Crippen molar-refractivity contribution in [3.8, 4) is 0 Å². The summed E-state index contributed by atoms with van der Waals surface area (Å²) in [4.78, 5) is 34.8. The fourth-order valence-corrected chi connectivity index (χ4v) is 3.20. The number of carbonyl (C=O) groups is 3. The van der Waals surface area contributed by atoms with E-state index in [9.17, 15) is 14.4 Å². The minimum absolute atomic E-state index is 0.0247. The Balaban J connectivity index is 1.84. The zero-order chi connectivity index (χ0) is 17.7. The molecule has 1 heterocycles. The first-order valence-corrected chi connectivity index (χ1v) is 8.56. The maximum Gasteiger partial charge on any atom is 0.230 e. The molecule has 0 aliphatic carbocycles. The number of benzene rings is 1. The van der Waals surface area contributed by atoms with E-state index in [2.05, 4.69) is 31.4 Å². The molecule has 130 valence electrons. The molecule has 24 heavy (non-hydrogen) atoms. The Labute approximate surface area is 143 Å². The fraction of sp³-hybridized carbons (Fsp3) is 0.526. The molecule has 2 rings (SSSR count). The number of nitrogens with one attached hydrogen (secondary N) is 2. The highest BCUT2D eigenvalue weighted by atomic mass is 16.2. The fourth-order valence-electron chi connectivity index (χ4n) is 3.20. The Morgan fingerprint density at radius 2 is 1.88 bits per heavy atom. The molecule has 1 aliphatic rings. The van der Waals surface area contributed by atoms with Gasteiger partial charge in [0.1, 0.15) is 0 Å². The third-order valence-electron chi connectivity index (χ3n) is 4.19. The van der Waals surface area contributed by atoms with Gasteiger partial charge in [-0.1, -0.05) is 32.9 Å². The van der Waals surface area contributed by atoms with Gasteiger partial charge in [0.05, 0.1) is 5.92 Å². The third-order valence-corrected chi connectivity index (χ3v) is 4.19. The number of imide groups is 1. The van der Waals surface area contributed by atoms with E-state index in [4.69, 9.17) is 0 Å². The van der Waals surface area contributed by atoms with Crippen LogP contribution in [-0.2, 0) is 20.8 Å². The summed E-state index contributed by atoms with van der Waals surface area (Å²) in [6, 6.07) is 7.47. The summed E-state index contributed by atoms with van der Waals surface area (Å²) in [5.74, 6) is 0.293. The Morgan fingerprint density at radius 3 is 2.42 bits per heavy atom. The normalized spacial score (nSPS) is 18.6. The zero-order valence-electron chi connectivity index (χ0n) is 14.6. The third kappa shape index (κ3) is 5.48. The first-order valence-electron chi connectivity index (χ1n) is 8.56. The molecule has 0 spiro atoms. The molecule has 2 N–H and O–H groups in total. The summed E-state index contributed by atoms with van der Waals surface area (Å²) in [6.07, 6.45) is 2.35. The SMILES string of the molecule is CC(C)C[C@H](C)CC(=O)Nc1ccc(C[C@@H]2CC(=O)NC2=O)cc1. The standard InChI is InChI=1S/C19H26N2O3/c1-12(2)8-13(3)9-17(22)20-16-6-4-14(5-7-16)10-15-11-18(23)21-19(15)24/h4-7,12-13,15H,8-11H2,1-3H3,(H,20,22)(H,21,23,24)/t13-,15+/m0/s1. The van der Waals surface area contributed by atoms with Crippen LogP contribution in [0.1, 0.15) is 45.6 Å². The van der Waals surface area contributed by atoms with E-state index in [-0.39, 0.29) is 30.1 Å². The van der Waals surface area contributed by atoms with Crippen LogP contribution in [0, 0.1) is 17.8 Å². The molecular formula is C19H26N2O3. The average Bonchev–Trinajstić information content (AvgIpc) is 2.77. The Hall–Kier alpha value is -2.17. The number of anilines is 1. The Morgan fingerprint density at radius 1 is 1.21 bits per heavy atom. The smallest absolute Gasteiger partial charge is 0.230 e. The lowest BCUT2D eigenvalue weighted by Gasteiger charge is -2.14. The molecule has 0 aromatic heterocycles. The lowest BCUT2D eigenvalue weighted by atomic mass is 9.95. The van der Waals surface area contributed by atoms with Crippen molar-refractivity contribution in [2.45, 2.75) is 46.5 Å². The second kappa shape index (κ2) is 8.08. The summed E-state index contributed by atoms with van der Waals surface area (Å²) < 4.78 is 0. The van der Waals surface area contributed by atoms with Crippen molar-refractivity contribution in [2.75, 3.05) is 5.32 Å². The molecule has 0 bridgehead atoms. The van der Waals surface area contributed by atoms with Gasteiger partial charge in [-0.05, 0) is 42.4 Å². The van der Waals surface area contributed by atoms with Crippen molar-refractivity contribution in [3.05, 3.63) is 29.8 Å². The molecule has 3 amide bonds. The molecule has 1 saturated heterocycles. The number of carbonyl (C=O) groups excluding carboxylic acids is 3. The van der Waals surface area contributed by atoms with Gasteiger partial charge in [-0.15, -0.1) is 0 Å². The highest BCUT2D eigenvalue weighted by Crippen LogP contribution is 2.20. The summed E-state index contributed by atoms with van der Waals surface area (Å²) in [7, 11) is 0. The van der Waals surface area contributed by atoms with Gasteiger partial charge in [0.25, 0.3) is 0 Å². The van der Waals surface area contributed by atoms with Gasteiger partial charge in [-0.2, -0.15) is 0 Å². The predicted molar refractivity (Wildman–Crippen MR) is 93.3 cm³/mol. The van der Waals surface area contributed by atoms with Crippen LogP contribution in [-0.4, -0.2) is 17.7 Å². The molecule has 1 aromatic carbocycles. The van der Waals surface area contributed by atoms with Gasteiger partial charge in [-0.25, -0.2) is 0 Å². The number of hydrogen-bond donors (Lipinski definition) is 2. The average molecular weight is 330 g/mol. The van der Waals surface area contributed by atoms with Crippen LogP contribution in [0.3, 0.4) is 0 Å². The molecule has 1 aliphatic heterocycles. The Kier molecular flexibility index (Phi) is 6.12. The van der Waals surface area contributed by atoms with Crippen LogP contribution >= 0.6 is 0 Å². The van der Waals surface area contributed by atoms with Crippen LogP contribution in [0.25, 0.3) is 0 Å². The minimum atomic E-state index is -0.283. The summed E-state index contributed by atoms with van der Waals surface area (Å²) in [5, 5.41) is 5.23. The minimum Gasteiger partial charge on any atom is -0.326 e. The number of amides is 3. The topological polar surface area (TPSA) is 75.3 Å². The monoisotopic (exact) mass is 330 g/mol. The summed E-state index contributed by atoms with van der Waals surface area (Å²) in [6.45, 7) is 6.41. The van der Waals surface area contributed by atoms with E-state index in [1.165, 1.54) is 0 Å². The van der Waals surface area contributed by atoms with E-state index in [0.29, 0.717) is 24.7 Å². The molecule has 0 saturated carbocycles. The van der Waals surface area contributed by atoms with Gasteiger partial charge in [0.2, 0.25) is 17.7 Å². The van der Waals surface area contributed by atoms with E-state index < -0.39 is 0 Å². The molecule has 1 fully saturated rings. The highest BCUT2D eigenvalue weighted by molar-refractivity contribution is 6.03. The van der Waals surface area contributed by atoms with Crippen molar-refractivity contribution >= 4 is 23.4 Å². The van der Waals surface area contributed by atoms with Crippen molar-refractivity contribution in [3.63, 3.8) is 0 Å². The van der Waals surface area contributed by atoms with Crippen LogP contribution < -0.4 is 10.6 Å². The molecule has 0 unspecified atom stereocenters. The van der Waals surface area contributed by atoms with Crippen molar-refractivity contribution in [1.82, 2.24) is 5.32 Å². The molecule has 0 radical (unpaired) electrons. The second-order valence-corrected chi connectivity index (χ2v) is 7.20. The first-order chi connectivity index (χ1) is 11.3. The second-order valence-electron chi connectivity index (χ2n) is 7.20. The first kappa shape index (κ1) is 18.2. The van der Waals surface area contributed by atoms with E-state index in [1.54, 1.807) is 0 Å². The molecule has 1 aromatic rings. The Bertz CT molecular complexity index is 608. The van der Waals surface area contributed by atoms with Crippen LogP contribution in [0.2, 0.25) is 0 Å². The van der Waals surface area contributed by atoms with Gasteiger partial charge < -0.3 is 5.32 Å². The van der Waals surface area contributed by atoms with Gasteiger partial charge in [0, 0.05) is 18.5 Å². The number of hydrogen-bond acceptors (Lipinski definition) is 3. The van der Waals surface area contributed by atoms with Gasteiger partial charge >= 0.3 is 0 Å². The lowest BCUT2D eigenvalue weighted by Crippen LogP contribution is -2.22. The summed E-state index contributed by atoms with van der Waals surface area (Å²) >= 11 is 0. The molecule has 5 nitrogen and oxygen atoms in total. The molecule has 2 atom stereocenters. The molecule has 5 heteroatoms. The van der Waals surface area contributed by atoms with E-state index >= 15 is 0 Å². The van der Waals surface area contributed by atoms with Crippen molar-refractivity contribution < 1.29 is 14.4 Å². The largest absolute Gasteiger partial charge is 0.326 e. The van der Waals surface area contributed by atoms with Crippen LogP contribution in [0.4, 0.5) is 5.69 Å². The quantitative estimate of drug-likeness (QED) is 0.755. The van der Waals surface area contributed by atoms with Crippen molar-refractivity contribution in [2.24, 2.45) is 17.8 Å². The van der Waals surface area contributed by atoms with E-state index in [0.717, 1.165) is 17.7 Å². The maximum absolute atomic E-state index is 12.0. The predicted octanol–water partition coefficient (Wildman–Crippen LogP) is 2.90. The molecular weight excluding hydrogens is 304 g/mol. The maximum atomic E-state index is 12.0.